The molecule has 0 aliphatic carbocycles. The summed E-state index contributed by atoms with van der Waals surface area (Å²) in [5, 5.41) is 0. The van der Waals surface area contributed by atoms with E-state index in [2.05, 4.69) is 0 Å². The van der Waals surface area contributed by atoms with Gasteiger partial charge in [-0.1, -0.05) is 23.8 Å². The Labute approximate surface area is 165 Å². The first-order valence-electron chi connectivity index (χ1n) is 9.39. The third kappa shape index (κ3) is 4.63. The van der Waals surface area contributed by atoms with Crippen LogP contribution >= 0.6 is 0 Å². The van der Waals surface area contributed by atoms with Crippen molar-refractivity contribution in [1.29, 1.82) is 0 Å². The molecule has 0 atom stereocenters. The summed E-state index contributed by atoms with van der Waals surface area (Å²) < 4.78 is 10.9. The lowest BCUT2D eigenvalue weighted by atomic mass is 10.1. The Kier molecular flexibility index (Phi) is 6.19. The number of hydrogen-bond acceptors (Lipinski definition) is 4. The van der Waals surface area contributed by atoms with Gasteiger partial charge in [-0.25, -0.2) is 0 Å². The van der Waals surface area contributed by atoms with Crippen molar-refractivity contribution in [2.45, 2.75) is 13.8 Å². The first kappa shape index (κ1) is 19.7. The van der Waals surface area contributed by atoms with E-state index in [9.17, 15) is 9.59 Å². The van der Waals surface area contributed by atoms with Crippen LogP contribution in [-0.4, -0.2) is 61.5 Å². The number of carbonyl (C=O) groups excluding carboxylic acids is 2. The Bertz CT molecular complexity index is 857. The van der Waals surface area contributed by atoms with Crippen molar-refractivity contribution in [2.24, 2.45) is 0 Å². The fraction of sp³-hybridized carbons (Fsp3) is 0.364. The zero-order valence-corrected chi connectivity index (χ0v) is 16.6. The highest BCUT2D eigenvalue weighted by Gasteiger charge is 2.25. The first-order chi connectivity index (χ1) is 13.5. The van der Waals surface area contributed by atoms with E-state index in [1.165, 1.54) is 0 Å². The fourth-order valence-corrected chi connectivity index (χ4v) is 3.29. The average molecular weight is 382 g/mol. The largest absolute Gasteiger partial charge is 0.497 e. The quantitative estimate of drug-likeness (QED) is 0.798. The number of amides is 2. The molecule has 0 spiro atoms. The molecule has 0 unspecified atom stereocenters. The molecule has 1 heterocycles. The standard InChI is InChI=1S/C22H26N2O4/c1-16-7-8-20(17(2)13-16)28-15-21(25)23-9-11-24(12-10-23)22(26)18-5-4-6-19(14-18)27-3/h4-8,13-14H,9-12,15H2,1-3H3. The zero-order valence-electron chi connectivity index (χ0n) is 16.6. The second-order valence-corrected chi connectivity index (χ2v) is 6.96. The minimum atomic E-state index is -0.0616. The van der Waals surface area contributed by atoms with Crippen LogP contribution in [0.3, 0.4) is 0 Å². The fourth-order valence-electron chi connectivity index (χ4n) is 3.29. The van der Waals surface area contributed by atoms with Crippen LogP contribution < -0.4 is 9.47 Å². The molecular formula is C22H26N2O4. The van der Waals surface area contributed by atoms with Crippen LogP contribution in [0.5, 0.6) is 11.5 Å². The SMILES string of the molecule is COc1cccc(C(=O)N2CCN(C(=O)COc3ccc(C)cc3C)CC2)c1. The molecule has 148 valence electrons. The molecule has 0 saturated carbocycles. The van der Waals surface area contributed by atoms with E-state index in [4.69, 9.17) is 9.47 Å². The van der Waals surface area contributed by atoms with Crippen molar-refractivity contribution in [3.05, 3.63) is 59.2 Å². The van der Waals surface area contributed by atoms with Crippen LogP contribution in [-0.2, 0) is 4.79 Å². The molecule has 2 amide bonds. The Balaban J connectivity index is 1.51. The van der Waals surface area contributed by atoms with Gasteiger partial charge in [0, 0.05) is 31.7 Å². The van der Waals surface area contributed by atoms with Crippen molar-refractivity contribution in [3.63, 3.8) is 0 Å². The van der Waals surface area contributed by atoms with Crippen LogP contribution in [0.2, 0.25) is 0 Å². The molecule has 1 saturated heterocycles. The van der Waals surface area contributed by atoms with Crippen molar-refractivity contribution in [3.8, 4) is 11.5 Å². The maximum Gasteiger partial charge on any atom is 0.260 e. The molecule has 6 nitrogen and oxygen atoms in total. The van der Waals surface area contributed by atoms with E-state index >= 15 is 0 Å². The summed E-state index contributed by atoms with van der Waals surface area (Å²) in [6.45, 7) is 6.02. The van der Waals surface area contributed by atoms with Crippen LogP contribution in [0, 0.1) is 13.8 Å². The van der Waals surface area contributed by atoms with E-state index in [1.807, 2.05) is 38.1 Å². The highest BCUT2D eigenvalue weighted by molar-refractivity contribution is 5.94. The molecule has 0 aromatic heterocycles. The van der Waals surface area contributed by atoms with Crippen molar-refractivity contribution >= 4 is 11.8 Å². The summed E-state index contributed by atoms with van der Waals surface area (Å²) in [6.07, 6.45) is 0. The number of hydrogen-bond donors (Lipinski definition) is 0. The lowest BCUT2D eigenvalue weighted by Gasteiger charge is -2.34. The first-order valence-corrected chi connectivity index (χ1v) is 9.39. The van der Waals surface area contributed by atoms with E-state index < -0.39 is 0 Å². The number of methoxy groups -OCH3 is 1. The molecule has 1 aliphatic rings. The van der Waals surface area contributed by atoms with E-state index in [-0.39, 0.29) is 18.4 Å². The normalized spacial score (nSPS) is 14.0. The van der Waals surface area contributed by atoms with Gasteiger partial charge < -0.3 is 19.3 Å². The Morgan fingerprint density at radius 3 is 2.36 bits per heavy atom. The number of carbonyl (C=O) groups is 2. The van der Waals surface area contributed by atoms with Crippen molar-refractivity contribution in [2.75, 3.05) is 39.9 Å². The molecule has 3 rings (SSSR count). The van der Waals surface area contributed by atoms with Gasteiger partial charge in [0.15, 0.2) is 6.61 Å². The summed E-state index contributed by atoms with van der Waals surface area (Å²) in [5.74, 6) is 1.28. The van der Waals surface area contributed by atoms with Crippen LogP contribution in [0.15, 0.2) is 42.5 Å². The molecular weight excluding hydrogens is 356 g/mol. The maximum absolute atomic E-state index is 12.7. The van der Waals surface area contributed by atoms with Crippen LogP contribution in [0.1, 0.15) is 21.5 Å². The lowest BCUT2D eigenvalue weighted by Crippen LogP contribution is -2.51. The number of rotatable bonds is 5. The van der Waals surface area contributed by atoms with Crippen molar-refractivity contribution in [1.82, 2.24) is 9.80 Å². The number of piperazine rings is 1. The third-order valence-electron chi connectivity index (χ3n) is 4.92. The lowest BCUT2D eigenvalue weighted by molar-refractivity contribution is -0.134. The molecule has 1 aliphatic heterocycles. The Morgan fingerprint density at radius 2 is 1.68 bits per heavy atom. The van der Waals surface area contributed by atoms with Gasteiger partial charge in [0.05, 0.1) is 7.11 Å². The number of aryl methyl sites for hydroxylation is 2. The summed E-state index contributed by atoms with van der Waals surface area (Å²) >= 11 is 0. The Hall–Kier alpha value is -3.02. The second kappa shape index (κ2) is 8.78. The highest BCUT2D eigenvalue weighted by Crippen LogP contribution is 2.19. The van der Waals surface area contributed by atoms with Gasteiger partial charge in [-0.3, -0.25) is 9.59 Å². The highest BCUT2D eigenvalue weighted by atomic mass is 16.5. The van der Waals surface area contributed by atoms with Gasteiger partial charge in [-0.2, -0.15) is 0 Å². The van der Waals surface area contributed by atoms with Gasteiger partial charge in [-0.15, -0.1) is 0 Å². The van der Waals surface area contributed by atoms with Crippen LogP contribution in [0.4, 0.5) is 0 Å². The second-order valence-electron chi connectivity index (χ2n) is 6.96. The third-order valence-corrected chi connectivity index (χ3v) is 4.92. The van der Waals surface area contributed by atoms with Gasteiger partial charge >= 0.3 is 0 Å². The van der Waals surface area contributed by atoms with Crippen LogP contribution in [0.25, 0.3) is 0 Å². The van der Waals surface area contributed by atoms with E-state index in [1.54, 1.807) is 35.1 Å². The molecule has 0 radical (unpaired) electrons. The van der Waals surface area contributed by atoms with E-state index in [0.29, 0.717) is 37.5 Å². The Morgan fingerprint density at radius 1 is 0.964 bits per heavy atom. The summed E-state index contributed by atoms with van der Waals surface area (Å²) in [7, 11) is 1.58. The number of nitrogens with zero attached hydrogens (tertiary/aromatic N) is 2. The molecule has 0 N–H and O–H groups in total. The molecule has 1 fully saturated rings. The summed E-state index contributed by atoms with van der Waals surface area (Å²) in [6, 6.07) is 13.0. The smallest absolute Gasteiger partial charge is 0.260 e. The average Bonchev–Trinajstić information content (AvgIpc) is 2.72. The molecule has 6 heteroatoms. The monoisotopic (exact) mass is 382 g/mol. The summed E-state index contributed by atoms with van der Waals surface area (Å²) in [4.78, 5) is 28.6. The number of benzene rings is 2. The molecule has 0 bridgehead atoms. The van der Waals surface area contributed by atoms with Gasteiger partial charge in [0.25, 0.3) is 11.8 Å². The van der Waals surface area contributed by atoms with Gasteiger partial charge in [-0.05, 0) is 43.7 Å². The van der Waals surface area contributed by atoms with Gasteiger partial charge in [0.1, 0.15) is 11.5 Å². The van der Waals surface area contributed by atoms with E-state index in [0.717, 1.165) is 16.9 Å². The zero-order chi connectivity index (χ0) is 20.1. The minimum absolute atomic E-state index is 0.00767. The molecule has 28 heavy (non-hydrogen) atoms. The summed E-state index contributed by atoms with van der Waals surface area (Å²) in [5.41, 5.74) is 2.77. The topological polar surface area (TPSA) is 59.1 Å². The number of ether oxygens (including phenoxy) is 2. The van der Waals surface area contributed by atoms with Gasteiger partial charge in [0.2, 0.25) is 0 Å². The van der Waals surface area contributed by atoms with Crippen molar-refractivity contribution < 1.29 is 19.1 Å². The molecule has 2 aromatic carbocycles. The maximum atomic E-state index is 12.7. The predicted molar refractivity (Wildman–Crippen MR) is 107 cm³/mol. The predicted octanol–water partition coefficient (Wildman–Crippen LogP) is 2.68. The molecule has 2 aromatic rings. The minimum Gasteiger partial charge on any atom is -0.497 e.